The largest absolute Gasteiger partial charge is 0.480 e. The van der Waals surface area contributed by atoms with Gasteiger partial charge in [0.25, 0.3) is 5.91 Å². The lowest BCUT2D eigenvalue weighted by molar-refractivity contribution is -0.145. The summed E-state index contributed by atoms with van der Waals surface area (Å²) >= 11 is 0. The number of nitrogens with zero attached hydrogens (tertiary/aromatic N) is 1. The van der Waals surface area contributed by atoms with E-state index in [1.165, 1.54) is 4.90 Å². The van der Waals surface area contributed by atoms with Gasteiger partial charge in [0, 0.05) is 12.1 Å². The van der Waals surface area contributed by atoms with Gasteiger partial charge >= 0.3 is 5.97 Å². The lowest BCUT2D eigenvalue weighted by atomic mass is 10.2. The van der Waals surface area contributed by atoms with Gasteiger partial charge in [0.2, 0.25) is 5.91 Å². The second-order valence-corrected chi connectivity index (χ2v) is 4.71. The molecule has 1 rings (SSSR count). The number of hydrogen-bond acceptors (Lipinski definition) is 3. The van der Waals surface area contributed by atoms with Crippen molar-refractivity contribution in [1.82, 2.24) is 10.2 Å². The summed E-state index contributed by atoms with van der Waals surface area (Å²) in [7, 11) is 0. The Balaban J connectivity index is 2.68. The fraction of sp³-hybridized carbons (Fsp3) is 0.400. The van der Waals surface area contributed by atoms with E-state index in [-0.39, 0.29) is 12.5 Å². The van der Waals surface area contributed by atoms with Crippen molar-refractivity contribution in [3.63, 3.8) is 0 Å². The van der Waals surface area contributed by atoms with Crippen LogP contribution in [-0.2, 0) is 9.59 Å². The number of rotatable bonds is 7. The number of amides is 2. The molecule has 0 saturated heterocycles. The number of carbonyl (C=O) groups is 3. The molecule has 0 spiro atoms. The van der Waals surface area contributed by atoms with Gasteiger partial charge in [-0.3, -0.25) is 14.4 Å². The average Bonchev–Trinajstić information content (AvgIpc) is 2.46. The molecule has 0 bridgehead atoms. The maximum atomic E-state index is 12.2. The fourth-order valence-electron chi connectivity index (χ4n) is 1.91. The Hall–Kier alpha value is -2.37. The zero-order valence-electron chi connectivity index (χ0n) is 12.2. The summed E-state index contributed by atoms with van der Waals surface area (Å²) in [6, 6.07) is 7.77. The molecule has 0 heterocycles. The molecule has 1 aromatic carbocycles. The minimum Gasteiger partial charge on any atom is -0.480 e. The molecular weight excluding hydrogens is 272 g/mol. The number of carboxylic acids is 1. The van der Waals surface area contributed by atoms with Gasteiger partial charge in [-0.05, 0) is 25.5 Å². The Morgan fingerprint density at radius 1 is 1.24 bits per heavy atom. The van der Waals surface area contributed by atoms with Gasteiger partial charge in [0.1, 0.15) is 12.6 Å². The highest BCUT2D eigenvalue weighted by Crippen LogP contribution is 2.02. The SMILES string of the molecule is CCCN(CC(=O)O)C(=O)C(C)NC(=O)c1ccccc1. The first-order chi connectivity index (χ1) is 9.95. The third-order valence-electron chi connectivity index (χ3n) is 2.89. The van der Waals surface area contributed by atoms with E-state index in [1.54, 1.807) is 37.3 Å². The van der Waals surface area contributed by atoms with Gasteiger partial charge in [-0.25, -0.2) is 0 Å². The Kier molecular flexibility index (Phi) is 6.39. The Morgan fingerprint density at radius 3 is 2.38 bits per heavy atom. The minimum absolute atomic E-state index is 0.344. The van der Waals surface area contributed by atoms with Crippen LogP contribution in [0.2, 0.25) is 0 Å². The van der Waals surface area contributed by atoms with Crippen molar-refractivity contribution in [3.8, 4) is 0 Å². The van der Waals surface area contributed by atoms with Gasteiger partial charge in [-0.1, -0.05) is 25.1 Å². The molecule has 6 heteroatoms. The highest BCUT2D eigenvalue weighted by atomic mass is 16.4. The van der Waals surface area contributed by atoms with Crippen LogP contribution in [0.4, 0.5) is 0 Å². The van der Waals surface area contributed by atoms with Crippen molar-refractivity contribution < 1.29 is 19.5 Å². The molecule has 0 fully saturated rings. The van der Waals surface area contributed by atoms with Crippen molar-refractivity contribution in [2.24, 2.45) is 0 Å². The van der Waals surface area contributed by atoms with Gasteiger partial charge in [0.05, 0.1) is 0 Å². The van der Waals surface area contributed by atoms with Gasteiger partial charge in [0.15, 0.2) is 0 Å². The van der Waals surface area contributed by atoms with Crippen LogP contribution in [0.5, 0.6) is 0 Å². The van der Waals surface area contributed by atoms with E-state index in [4.69, 9.17) is 5.11 Å². The lowest BCUT2D eigenvalue weighted by Crippen LogP contribution is -2.48. The summed E-state index contributed by atoms with van der Waals surface area (Å²) in [6.07, 6.45) is 0.651. The van der Waals surface area contributed by atoms with E-state index >= 15 is 0 Å². The monoisotopic (exact) mass is 292 g/mol. The molecule has 1 aromatic rings. The van der Waals surface area contributed by atoms with Crippen molar-refractivity contribution >= 4 is 17.8 Å². The first-order valence-electron chi connectivity index (χ1n) is 6.82. The molecule has 114 valence electrons. The first kappa shape index (κ1) is 16.7. The Labute approximate surface area is 123 Å². The fourth-order valence-corrected chi connectivity index (χ4v) is 1.91. The topological polar surface area (TPSA) is 86.7 Å². The number of carboxylic acid groups (broad SMARTS) is 1. The van der Waals surface area contributed by atoms with Gasteiger partial charge < -0.3 is 15.3 Å². The van der Waals surface area contributed by atoms with Crippen molar-refractivity contribution in [1.29, 1.82) is 0 Å². The maximum Gasteiger partial charge on any atom is 0.323 e. The number of aliphatic carboxylic acids is 1. The quantitative estimate of drug-likeness (QED) is 0.788. The van der Waals surface area contributed by atoms with Crippen LogP contribution in [0.15, 0.2) is 30.3 Å². The average molecular weight is 292 g/mol. The lowest BCUT2D eigenvalue weighted by Gasteiger charge is -2.24. The second-order valence-electron chi connectivity index (χ2n) is 4.71. The van der Waals surface area contributed by atoms with Gasteiger partial charge in [-0.2, -0.15) is 0 Å². The number of nitrogens with one attached hydrogen (secondary N) is 1. The predicted molar refractivity (Wildman–Crippen MR) is 77.9 cm³/mol. The molecule has 2 N–H and O–H groups in total. The van der Waals surface area contributed by atoms with Crippen LogP contribution < -0.4 is 5.32 Å². The van der Waals surface area contributed by atoms with Crippen LogP contribution in [0.1, 0.15) is 30.6 Å². The van der Waals surface area contributed by atoms with E-state index in [1.807, 2.05) is 6.92 Å². The summed E-state index contributed by atoms with van der Waals surface area (Å²) in [4.78, 5) is 36.2. The van der Waals surface area contributed by atoms with Crippen molar-refractivity contribution in [2.45, 2.75) is 26.3 Å². The highest BCUT2D eigenvalue weighted by Gasteiger charge is 2.23. The Bertz CT molecular complexity index is 502. The number of carbonyl (C=O) groups excluding carboxylic acids is 2. The second kappa shape index (κ2) is 8.04. The van der Waals surface area contributed by atoms with E-state index in [0.717, 1.165) is 0 Å². The van der Waals surface area contributed by atoms with E-state index in [9.17, 15) is 14.4 Å². The molecule has 0 radical (unpaired) electrons. The van der Waals surface area contributed by atoms with Crippen LogP contribution in [-0.4, -0.2) is 46.9 Å². The molecule has 0 aliphatic heterocycles. The molecule has 1 atom stereocenters. The first-order valence-corrected chi connectivity index (χ1v) is 6.82. The van der Waals surface area contributed by atoms with Crippen LogP contribution in [0.25, 0.3) is 0 Å². The zero-order valence-corrected chi connectivity index (χ0v) is 12.2. The third-order valence-corrected chi connectivity index (χ3v) is 2.89. The van der Waals surface area contributed by atoms with E-state index in [2.05, 4.69) is 5.32 Å². The standard InChI is InChI=1S/C15H20N2O4/c1-3-9-17(10-13(18)19)15(21)11(2)16-14(20)12-7-5-4-6-8-12/h4-8,11H,3,9-10H2,1-2H3,(H,16,20)(H,18,19). The normalized spacial score (nSPS) is 11.5. The van der Waals surface area contributed by atoms with E-state index in [0.29, 0.717) is 18.5 Å². The molecule has 21 heavy (non-hydrogen) atoms. The molecule has 2 amide bonds. The van der Waals surface area contributed by atoms with Crippen LogP contribution >= 0.6 is 0 Å². The van der Waals surface area contributed by atoms with E-state index < -0.39 is 17.9 Å². The molecule has 6 nitrogen and oxygen atoms in total. The number of hydrogen-bond donors (Lipinski definition) is 2. The summed E-state index contributed by atoms with van der Waals surface area (Å²) in [5.41, 5.74) is 0.456. The highest BCUT2D eigenvalue weighted by molar-refractivity contribution is 5.97. The molecule has 1 unspecified atom stereocenters. The molecule has 0 aliphatic carbocycles. The van der Waals surface area contributed by atoms with Gasteiger partial charge in [-0.15, -0.1) is 0 Å². The summed E-state index contributed by atoms with van der Waals surface area (Å²) < 4.78 is 0. The van der Waals surface area contributed by atoms with Crippen LogP contribution in [0.3, 0.4) is 0 Å². The molecule has 0 aliphatic rings. The maximum absolute atomic E-state index is 12.2. The molecular formula is C15H20N2O4. The predicted octanol–water partition coefficient (Wildman–Crippen LogP) is 1.13. The summed E-state index contributed by atoms with van der Waals surface area (Å²) in [5, 5.41) is 11.4. The Morgan fingerprint density at radius 2 is 1.86 bits per heavy atom. The number of benzene rings is 1. The minimum atomic E-state index is -1.07. The zero-order chi connectivity index (χ0) is 15.8. The molecule has 0 aromatic heterocycles. The summed E-state index contributed by atoms with van der Waals surface area (Å²) in [6.45, 7) is 3.39. The smallest absolute Gasteiger partial charge is 0.323 e. The van der Waals surface area contributed by atoms with Crippen molar-refractivity contribution in [3.05, 3.63) is 35.9 Å². The molecule has 0 saturated carbocycles. The van der Waals surface area contributed by atoms with Crippen LogP contribution in [0, 0.1) is 0 Å². The summed E-state index contributed by atoms with van der Waals surface area (Å²) in [5.74, 6) is -1.83. The third kappa shape index (κ3) is 5.25. The van der Waals surface area contributed by atoms with Crippen molar-refractivity contribution in [2.75, 3.05) is 13.1 Å².